The first-order valence-electron chi connectivity index (χ1n) is 7.97. The summed E-state index contributed by atoms with van der Waals surface area (Å²) < 4.78 is 5.39. The lowest BCUT2D eigenvalue weighted by Gasteiger charge is -2.19. The molecular weight excluding hydrogens is 316 g/mol. The van der Waals surface area contributed by atoms with Gasteiger partial charge in [0.05, 0.1) is 18.4 Å². The Hall–Kier alpha value is -3.02. The second-order valence-corrected chi connectivity index (χ2v) is 5.91. The van der Waals surface area contributed by atoms with Gasteiger partial charge in [-0.3, -0.25) is 9.78 Å². The molecule has 2 aromatic heterocycles. The molecular formula is C19H20N4O2. The number of hydrogen-bond donors (Lipinski definition) is 0. The minimum Gasteiger partial charge on any atom is -0.494 e. The van der Waals surface area contributed by atoms with Crippen LogP contribution >= 0.6 is 0 Å². The molecule has 0 unspecified atom stereocenters. The third-order valence-corrected chi connectivity index (χ3v) is 4.14. The molecule has 0 aliphatic carbocycles. The molecule has 1 aromatic carbocycles. The predicted octanol–water partition coefficient (Wildman–Crippen LogP) is 3.18. The first-order valence-corrected chi connectivity index (χ1v) is 7.97. The molecule has 25 heavy (non-hydrogen) atoms. The highest BCUT2D eigenvalue weighted by molar-refractivity contribution is 5.94. The Morgan fingerprint density at radius 2 is 2.04 bits per heavy atom. The number of Topliss-reactive ketones (excluding diaryl/α,β-unsaturated/α-hetero) is 1. The van der Waals surface area contributed by atoms with Crippen molar-refractivity contribution in [2.45, 2.75) is 20.4 Å². The van der Waals surface area contributed by atoms with Crippen LogP contribution < -0.4 is 9.64 Å². The molecule has 3 aromatic rings. The van der Waals surface area contributed by atoms with Crippen molar-refractivity contribution < 1.29 is 9.53 Å². The van der Waals surface area contributed by atoms with Crippen LogP contribution in [0.2, 0.25) is 0 Å². The summed E-state index contributed by atoms with van der Waals surface area (Å²) in [5, 5.41) is 1.03. The van der Waals surface area contributed by atoms with Crippen molar-refractivity contribution in [2.75, 3.05) is 19.1 Å². The Morgan fingerprint density at radius 3 is 2.72 bits per heavy atom. The van der Waals surface area contributed by atoms with Crippen molar-refractivity contribution in [1.82, 2.24) is 15.0 Å². The Morgan fingerprint density at radius 1 is 1.24 bits per heavy atom. The van der Waals surface area contributed by atoms with Crippen LogP contribution in [0.15, 0.2) is 36.7 Å². The van der Waals surface area contributed by atoms with Crippen molar-refractivity contribution in [3.05, 3.63) is 53.5 Å². The zero-order chi connectivity index (χ0) is 18.0. The molecule has 6 heteroatoms. The monoisotopic (exact) mass is 336 g/mol. The second-order valence-electron chi connectivity index (χ2n) is 5.91. The number of carbonyl (C=O) groups excluding carboxylic acids is 1. The third-order valence-electron chi connectivity index (χ3n) is 4.14. The molecule has 2 heterocycles. The summed E-state index contributed by atoms with van der Waals surface area (Å²) in [6.45, 7) is 3.96. The number of aryl methyl sites for hydroxylation is 1. The van der Waals surface area contributed by atoms with E-state index < -0.39 is 0 Å². The molecule has 0 fully saturated rings. The van der Waals surface area contributed by atoms with Crippen molar-refractivity contribution in [3.63, 3.8) is 0 Å². The van der Waals surface area contributed by atoms with Crippen molar-refractivity contribution in [3.8, 4) is 5.75 Å². The van der Waals surface area contributed by atoms with Gasteiger partial charge >= 0.3 is 0 Å². The van der Waals surface area contributed by atoms with Crippen LogP contribution in [-0.4, -0.2) is 34.9 Å². The van der Waals surface area contributed by atoms with Gasteiger partial charge in [0, 0.05) is 31.4 Å². The highest BCUT2D eigenvalue weighted by atomic mass is 16.5. The van der Waals surface area contributed by atoms with E-state index in [1.165, 1.54) is 6.92 Å². The second kappa shape index (κ2) is 6.84. The molecule has 128 valence electrons. The number of ketones is 1. The summed E-state index contributed by atoms with van der Waals surface area (Å²) in [6, 6.07) is 7.88. The van der Waals surface area contributed by atoms with E-state index in [1.54, 1.807) is 19.5 Å². The van der Waals surface area contributed by atoms with Crippen LogP contribution in [0.5, 0.6) is 5.75 Å². The molecule has 0 aliphatic rings. The number of benzene rings is 1. The van der Waals surface area contributed by atoms with Gasteiger partial charge in [0.15, 0.2) is 5.78 Å². The van der Waals surface area contributed by atoms with Gasteiger partial charge in [0.2, 0.25) is 5.95 Å². The van der Waals surface area contributed by atoms with Crippen molar-refractivity contribution in [1.29, 1.82) is 0 Å². The quantitative estimate of drug-likeness (QED) is 0.667. The summed E-state index contributed by atoms with van der Waals surface area (Å²) in [5.41, 5.74) is 3.17. The highest BCUT2D eigenvalue weighted by Gasteiger charge is 2.13. The molecule has 0 atom stereocenters. The normalized spacial score (nSPS) is 10.7. The number of hydrogen-bond acceptors (Lipinski definition) is 6. The number of nitrogens with zero attached hydrogens (tertiary/aromatic N) is 4. The van der Waals surface area contributed by atoms with Gasteiger partial charge in [-0.25, -0.2) is 9.97 Å². The number of carbonyl (C=O) groups is 1. The van der Waals surface area contributed by atoms with Crippen LogP contribution in [0.3, 0.4) is 0 Å². The Kier molecular flexibility index (Phi) is 4.61. The predicted molar refractivity (Wildman–Crippen MR) is 97.2 cm³/mol. The molecule has 6 nitrogen and oxygen atoms in total. The fourth-order valence-corrected chi connectivity index (χ4v) is 2.82. The summed E-state index contributed by atoms with van der Waals surface area (Å²) in [4.78, 5) is 26.7. The van der Waals surface area contributed by atoms with E-state index in [2.05, 4.69) is 15.0 Å². The van der Waals surface area contributed by atoms with E-state index in [9.17, 15) is 4.79 Å². The highest BCUT2D eigenvalue weighted by Crippen LogP contribution is 2.27. The standard InChI is InChI=1S/C19H20N4O2/c1-12-16(13(2)24)10-21-19(22-12)23(3)11-14-7-8-17(25-4)18-15(14)6-5-9-20-18/h5-10H,11H2,1-4H3. The van der Waals surface area contributed by atoms with E-state index in [1.807, 2.05) is 43.1 Å². The van der Waals surface area contributed by atoms with Gasteiger partial charge in [0.25, 0.3) is 0 Å². The van der Waals surface area contributed by atoms with E-state index >= 15 is 0 Å². The van der Waals surface area contributed by atoms with Crippen molar-refractivity contribution >= 4 is 22.6 Å². The molecule has 0 amide bonds. The first kappa shape index (κ1) is 16.8. The zero-order valence-electron chi connectivity index (χ0n) is 14.8. The van der Waals surface area contributed by atoms with E-state index in [0.29, 0.717) is 23.8 Å². The largest absolute Gasteiger partial charge is 0.494 e. The Bertz CT molecular complexity index is 940. The minimum absolute atomic E-state index is 0.0288. The number of ether oxygens (including phenoxy) is 1. The average molecular weight is 336 g/mol. The number of fused-ring (bicyclic) bond motifs is 1. The van der Waals surface area contributed by atoms with Crippen LogP contribution in [0.4, 0.5) is 5.95 Å². The molecule has 0 N–H and O–H groups in total. The number of pyridine rings is 1. The number of aromatic nitrogens is 3. The molecule has 0 aliphatic heterocycles. The first-order chi connectivity index (χ1) is 12.0. The average Bonchev–Trinajstić information content (AvgIpc) is 2.61. The lowest BCUT2D eigenvalue weighted by molar-refractivity contribution is 0.101. The van der Waals surface area contributed by atoms with Gasteiger partial charge < -0.3 is 9.64 Å². The molecule has 0 saturated heterocycles. The lowest BCUT2D eigenvalue weighted by atomic mass is 10.1. The zero-order valence-corrected chi connectivity index (χ0v) is 14.8. The Balaban J connectivity index is 1.94. The van der Waals surface area contributed by atoms with Gasteiger partial charge in [0.1, 0.15) is 11.3 Å². The maximum Gasteiger partial charge on any atom is 0.225 e. The summed E-state index contributed by atoms with van der Waals surface area (Å²) >= 11 is 0. The fourth-order valence-electron chi connectivity index (χ4n) is 2.82. The minimum atomic E-state index is -0.0288. The van der Waals surface area contributed by atoms with Crippen LogP contribution in [0.1, 0.15) is 28.5 Å². The van der Waals surface area contributed by atoms with Crippen LogP contribution in [-0.2, 0) is 6.54 Å². The van der Waals surface area contributed by atoms with Gasteiger partial charge in [-0.2, -0.15) is 0 Å². The summed E-state index contributed by atoms with van der Waals surface area (Å²) in [5.74, 6) is 1.30. The number of methoxy groups -OCH3 is 1. The summed E-state index contributed by atoms with van der Waals surface area (Å²) in [6.07, 6.45) is 3.34. The van der Waals surface area contributed by atoms with Crippen molar-refractivity contribution in [2.24, 2.45) is 0 Å². The van der Waals surface area contributed by atoms with E-state index in [0.717, 1.165) is 22.2 Å². The smallest absolute Gasteiger partial charge is 0.225 e. The SMILES string of the molecule is COc1ccc(CN(C)c2ncc(C(C)=O)c(C)n2)c2cccnc12. The molecule has 3 rings (SSSR count). The van der Waals surface area contributed by atoms with E-state index in [4.69, 9.17) is 4.74 Å². The third kappa shape index (κ3) is 3.28. The molecule has 0 radical (unpaired) electrons. The number of rotatable bonds is 5. The molecule has 0 saturated carbocycles. The van der Waals surface area contributed by atoms with Crippen LogP contribution in [0, 0.1) is 6.92 Å². The van der Waals surface area contributed by atoms with E-state index in [-0.39, 0.29) is 5.78 Å². The fraction of sp³-hybridized carbons (Fsp3) is 0.263. The number of anilines is 1. The summed E-state index contributed by atoms with van der Waals surface area (Å²) in [7, 11) is 3.57. The van der Waals surface area contributed by atoms with Gasteiger partial charge in [-0.1, -0.05) is 12.1 Å². The van der Waals surface area contributed by atoms with Crippen LogP contribution in [0.25, 0.3) is 10.9 Å². The molecule has 0 spiro atoms. The maximum absolute atomic E-state index is 11.5. The lowest BCUT2D eigenvalue weighted by Crippen LogP contribution is -2.20. The topological polar surface area (TPSA) is 68.2 Å². The molecule has 0 bridgehead atoms. The Labute approximate surface area is 146 Å². The van der Waals surface area contributed by atoms with Gasteiger partial charge in [-0.15, -0.1) is 0 Å². The maximum atomic E-state index is 11.5. The van der Waals surface area contributed by atoms with Gasteiger partial charge in [-0.05, 0) is 31.5 Å².